The Morgan fingerprint density at radius 2 is 2.13 bits per heavy atom. The second-order valence-corrected chi connectivity index (χ2v) is 3.97. The minimum atomic E-state index is -0.853. The molecule has 82 valence electrons. The Bertz CT molecular complexity index is 379. The van der Waals surface area contributed by atoms with Gasteiger partial charge < -0.3 is 10.0 Å². The van der Waals surface area contributed by atoms with Crippen LogP contribution in [0, 0.1) is 6.92 Å². The molecular formula is C11H14ClNO2. The molecule has 0 amide bonds. The zero-order chi connectivity index (χ0) is 11.6. The fraction of sp³-hybridized carbons (Fsp3) is 0.364. The number of nitrogens with zero attached hydrogens (tertiary/aromatic N) is 1. The summed E-state index contributed by atoms with van der Waals surface area (Å²) in [5.41, 5.74) is 1.79. The number of aryl methyl sites for hydroxylation is 1. The summed E-state index contributed by atoms with van der Waals surface area (Å²) in [6.07, 6.45) is 0. The van der Waals surface area contributed by atoms with Crippen molar-refractivity contribution < 1.29 is 9.90 Å². The van der Waals surface area contributed by atoms with E-state index in [-0.39, 0.29) is 0 Å². The molecule has 0 saturated heterocycles. The van der Waals surface area contributed by atoms with Crippen molar-refractivity contribution in [3.8, 4) is 0 Å². The van der Waals surface area contributed by atoms with Crippen LogP contribution < -0.4 is 4.90 Å². The summed E-state index contributed by atoms with van der Waals surface area (Å²) in [6.45, 7) is 3.54. The normalized spacial score (nSPS) is 12.3. The second-order valence-electron chi connectivity index (χ2n) is 3.56. The molecular weight excluding hydrogens is 214 g/mol. The minimum Gasteiger partial charge on any atom is -0.480 e. The molecule has 0 heterocycles. The first kappa shape index (κ1) is 11.9. The van der Waals surface area contributed by atoms with Gasteiger partial charge in [0.05, 0.1) is 0 Å². The Labute approximate surface area is 94.3 Å². The van der Waals surface area contributed by atoms with Gasteiger partial charge in [-0.1, -0.05) is 17.7 Å². The lowest BCUT2D eigenvalue weighted by Gasteiger charge is -2.24. The van der Waals surface area contributed by atoms with E-state index < -0.39 is 12.0 Å². The Morgan fingerprint density at radius 1 is 1.53 bits per heavy atom. The van der Waals surface area contributed by atoms with E-state index in [0.717, 1.165) is 11.3 Å². The monoisotopic (exact) mass is 227 g/mol. The molecule has 0 aromatic heterocycles. The van der Waals surface area contributed by atoms with Gasteiger partial charge >= 0.3 is 5.97 Å². The van der Waals surface area contributed by atoms with Gasteiger partial charge in [-0.15, -0.1) is 0 Å². The molecule has 0 bridgehead atoms. The largest absolute Gasteiger partial charge is 0.480 e. The van der Waals surface area contributed by atoms with Crippen molar-refractivity contribution in [3.05, 3.63) is 28.8 Å². The van der Waals surface area contributed by atoms with Crippen LogP contribution in [-0.2, 0) is 4.79 Å². The predicted octanol–water partition coefficient (Wildman–Crippen LogP) is 2.56. The van der Waals surface area contributed by atoms with E-state index in [9.17, 15) is 4.79 Å². The van der Waals surface area contributed by atoms with Crippen LogP contribution >= 0.6 is 11.6 Å². The number of rotatable bonds is 3. The number of halogens is 1. The van der Waals surface area contributed by atoms with Gasteiger partial charge in [-0.3, -0.25) is 0 Å². The van der Waals surface area contributed by atoms with E-state index in [1.54, 1.807) is 24.9 Å². The maximum Gasteiger partial charge on any atom is 0.326 e. The third-order valence-electron chi connectivity index (χ3n) is 2.50. The molecule has 0 aliphatic carbocycles. The van der Waals surface area contributed by atoms with Crippen molar-refractivity contribution in [2.45, 2.75) is 19.9 Å². The number of likely N-dealkylation sites (N-methyl/N-ethyl adjacent to an activating group) is 1. The van der Waals surface area contributed by atoms with Crippen molar-refractivity contribution in [2.24, 2.45) is 0 Å². The molecule has 0 aliphatic heterocycles. The van der Waals surface area contributed by atoms with E-state index in [2.05, 4.69) is 0 Å². The Kier molecular flexibility index (Phi) is 3.58. The summed E-state index contributed by atoms with van der Waals surface area (Å²) >= 11 is 5.97. The number of aliphatic carboxylic acids is 1. The number of carboxylic acid groups (broad SMARTS) is 1. The highest BCUT2D eigenvalue weighted by molar-refractivity contribution is 6.31. The fourth-order valence-corrected chi connectivity index (χ4v) is 1.37. The number of benzene rings is 1. The molecule has 15 heavy (non-hydrogen) atoms. The van der Waals surface area contributed by atoms with E-state index in [1.807, 2.05) is 19.1 Å². The van der Waals surface area contributed by atoms with Gasteiger partial charge in [0.2, 0.25) is 0 Å². The van der Waals surface area contributed by atoms with Crippen LogP contribution in [0.4, 0.5) is 5.69 Å². The highest BCUT2D eigenvalue weighted by Gasteiger charge is 2.17. The molecule has 1 aromatic rings. The summed E-state index contributed by atoms with van der Waals surface area (Å²) in [5, 5.41) is 9.51. The smallest absolute Gasteiger partial charge is 0.326 e. The maximum absolute atomic E-state index is 10.8. The van der Waals surface area contributed by atoms with Crippen molar-refractivity contribution in [3.63, 3.8) is 0 Å². The van der Waals surface area contributed by atoms with Gasteiger partial charge in [-0.2, -0.15) is 0 Å². The van der Waals surface area contributed by atoms with Gasteiger partial charge in [-0.05, 0) is 31.5 Å². The van der Waals surface area contributed by atoms with Gasteiger partial charge in [0.1, 0.15) is 6.04 Å². The second kappa shape index (κ2) is 4.53. The number of hydrogen-bond acceptors (Lipinski definition) is 2. The Balaban J connectivity index is 2.96. The molecule has 0 radical (unpaired) electrons. The maximum atomic E-state index is 10.8. The van der Waals surface area contributed by atoms with Crippen LogP contribution in [0.3, 0.4) is 0 Å². The number of hydrogen-bond donors (Lipinski definition) is 1. The van der Waals surface area contributed by atoms with Crippen molar-refractivity contribution in [2.75, 3.05) is 11.9 Å². The van der Waals surface area contributed by atoms with Crippen LogP contribution in [0.2, 0.25) is 5.02 Å². The van der Waals surface area contributed by atoms with Crippen LogP contribution in [-0.4, -0.2) is 24.2 Å². The minimum absolute atomic E-state index is 0.566. The number of carboxylic acids is 1. The van der Waals surface area contributed by atoms with E-state index in [4.69, 9.17) is 16.7 Å². The highest BCUT2D eigenvalue weighted by atomic mass is 35.5. The topological polar surface area (TPSA) is 40.5 Å². The van der Waals surface area contributed by atoms with Gasteiger partial charge in [-0.25, -0.2) is 4.79 Å². The summed E-state index contributed by atoms with van der Waals surface area (Å²) in [5.74, 6) is -0.853. The SMILES string of the molecule is Cc1ccc(N(C)[C@H](C)C(=O)O)cc1Cl. The van der Waals surface area contributed by atoms with Gasteiger partial charge in [0, 0.05) is 17.8 Å². The van der Waals surface area contributed by atoms with Crippen LogP contribution in [0.25, 0.3) is 0 Å². The molecule has 0 saturated carbocycles. The first-order chi connectivity index (χ1) is 6.93. The fourth-order valence-electron chi connectivity index (χ4n) is 1.19. The molecule has 1 atom stereocenters. The molecule has 0 fully saturated rings. The van der Waals surface area contributed by atoms with Gasteiger partial charge in [0.15, 0.2) is 0 Å². The van der Waals surface area contributed by atoms with Crippen LogP contribution in [0.15, 0.2) is 18.2 Å². The van der Waals surface area contributed by atoms with Crippen LogP contribution in [0.5, 0.6) is 0 Å². The lowest BCUT2D eigenvalue weighted by Crippen LogP contribution is -2.35. The Hall–Kier alpha value is -1.22. The van der Waals surface area contributed by atoms with Crippen molar-refractivity contribution >= 4 is 23.3 Å². The number of carbonyl (C=O) groups is 1. The first-order valence-electron chi connectivity index (χ1n) is 4.65. The zero-order valence-electron chi connectivity index (χ0n) is 8.99. The zero-order valence-corrected chi connectivity index (χ0v) is 9.75. The molecule has 1 rings (SSSR count). The van der Waals surface area contributed by atoms with Crippen LogP contribution in [0.1, 0.15) is 12.5 Å². The average molecular weight is 228 g/mol. The molecule has 0 aliphatic rings. The van der Waals surface area contributed by atoms with Crippen molar-refractivity contribution in [1.82, 2.24) is 0 Å². The van der Waals surface area contributed by atoms with Crippen molar-refractivity contribution in [1.29, 1.82) is 0 Å². The number of anilines is 1. The van der Waals surface area contributed by atoms with E-state index >= 15 is 0 Å². The summed E-state index contributed by atoms with van der Waals surface area (Å²) < 4.78 is 0. The first-order valence-corrected chi connectivity index (χ1v) is 5.03. The molecule has 0 spiro atoms. The highest BCUT2D eigenvalue weighted by Crippen LogP contribution is 2.23. The molecule has 0 unspecified atom stereocenters. The third-order valence-corrected chi connectivity index (χ3v) is 2.91. The third kappa shape index (κ3) is 2.63. The Morgan fingerprint density at radius 3 is 2.60 bits per heavy atom. The standard InChI is InChI=1S/C11H14ClNO2/c1-7-4-5-9(6-10(7)12)13(3)8(2)11(14)15/h4-6,8H,1-3H3,(H,14,15)/t8-/m1/s1. The van der Waals surface area contributed by atoms with E-state index in [1.165, 1.54) is 0 Å². The molecule has 1 aromatic carbocycles. The molecule has 3 nitrogen and oxygen atoms in total. The average Bonchev–Trinajstić information content (AvgIpc) is 2.19. The predicted molar refractivity (Wildman–Crippen MR) is 61.7 cm³/mol. The van der Waals surface area contributed by atoms with Gasteiger partial charge in [0.25, 0.3) is 0 Å². The molecule has 4 heteroatoms. The molecule has 1 N–H and O–H groups in total. The summed E-state index contributed by atoms with van der Waals surface area (Å²) in [4.78, 5) is 12.5. The lowest BCUT2D eigenvalue weighted by molar-refractivity contribution is -0.138. The quantitative estimate of drug-likeness (QED) is 0.863. The summed E-state index contributed by atoms with van der Waals surface area (Å²) in [7, 11) is 1.74. The van der Waals surface area contributed by atoms with E-state index in [0.29, 0.717) is 5.02 Å². The lowest BCUT2D eigenvalue weighted by atomic mass is 10.2. The summed E-state index contributed by atoms with van der Waals surface area (Å²) in [6, 6.07) is 4.95.